The van der Waals surface area contributed by atoms with E-state index in [0.717, 1.165) is 73.0 Å². The Balaban J connectivity index is 1.10. The fourth-order valence-corrected chi connectivity index (χ4v) is 6.69. The van der Waals surface area contributed by atoms with E-state index in [9.17, 15) is 0 Å². The number of piperidine rings is 1. The number of aromatic nitrogens is 3. The summed E-state index contributed by atoms with van der Waals surface area (Å²) in [4.78, 5) is 24.0. The lowest BCUT2D eigenvalue weighted by Gasteiger charge is -2.43. The first kappa shape index (κ1) is 18.1. The summed E-state index contributed by atoms with van der Waals surface area (Å²) in [6.45, 7) is 3.65. The maximum Gasteiger partial charge on any atom is 0.156 e. The number of fused-ring (bicyclic) bond motifs is 3. The van der Waals surface area contributed by atoms with E-state index in [1.807, 2.05) is 18.5 Å². The highest BCUT2D eigenvalue weighted by Crippen LogP contribution is 2.62. The van der Waals surface area contributed by atoms with E-state index in [2.05, 4.69) is 20.9 Å². The van der Waals surface area contributed by atoms with Crippen molar-refractivity contribution >= 4 is 17.3 Å². The first-order valence-electron chi connectivity index (χ1n) is 11.8. The summed E-state index contributed by atoms with van der Waals surface area (Å²) in [5, 5.41) is 0. The van der Waals surface area contributed by atoms with E-state index in [4.69, 9.17) is 20.7 Å². The van der Waals surface area contributed by atoms with E-state index in [1.54, 1.807) is 0 Å². The summed E-state index contributed by atoms with van der Waals surface area (Å²) in [6, 6.07) is 4.57. The minimum absolute atomic E-state index is 0.389. The van der Waals surface area contributed by atoms with Crippen molar-refractivity contribution in [3.63, 3.8) is 0 Å². The lowest BCUT2D eigenvalue weighted by molar-refractivity contribution is 0.172. The van der Waals surface area contributed by atoms with Crippen LogP contribution in [0, 0.1) is 17.3 Å². The predicted octanol–water partition coefficient (Wildman–Crippen LogP) is 2.54. The number of amidine groups is 1. The van der Waals surface area contributed by atoms with Crippen molar-refractivity contribution in [3.05, 3.63) is 41.6 Å². The molecule has 2 aliphatic carbocycles. The van der Waals surface area contributed by atoms with Gasteiger partial charge >= 0.3 is 0 Å². The Morgan fingerprint density at radius 3 is 2.84 bits per heavy atom. The van der Waals surface area contributed by atoms with E-state index in [0.29, 0.717) is 18.0 Å². The quantitative estimate of drug-likeness (QED) is 0.771. The van der Waals surface area contributed by atoms with Gasteiger partial charge in [0.2, 0.25) is 0 Å². The Kier molecular flexibility index (Phi) is 3.78. The number of rotatable bonds is 1. The fraction of sp³-hybridized carbons (Fsp3) is 0.583. The van der Waals surface area contributed by atoms with E-state index < -0.39 is 0 Å². The first-order valence-corrected chi connectivity index (χ1v) is 11.8. The molecule has 0 amide bonds. The molecule has 0 radical (unpaired) electrons. The lowest BCUT2D eigenvalue weighted by atomic mass is 9.72. The molecule has 0 aromatic carbocycles. The minimum atomic E-state index is 0.389. The highest BCUT2D eigenvalue weighted by Gasteiger charge is 2.59. The monoisotopic (exact) mass is 415 g/mol. The van der Waals surface area contributed by atoms with Crippen molar-refractivity contribution in [3.8, 4) is 0 Å². The molecule has 7 heteroatoms. The van der Waals surface area contributed by atoms with Crippen LogP contribution >= 0.6 is 0 Å². The number of nitrogens with zero attached hydrogens (tertiary/aromatic N) is 6. The number of aryl methyl sites for hydroxylation is 1. The molecule has 1 spiro atoms. The smallest absolute Gasteiger partial charge is 0.156 e. The third-order valence-corrected chi connectivity index (χ3v) is 8.53. The molecule has 5 aliphatic rings. The number of hydrogen-bond donors (Lipinski definition) is 1. The molecule has 5 heterocycles. The standard InChI is InChI=1S/C24H29N7/c25-22-16-11-15(16)12-24(22)5-9-30(10-6-24)20-14-27-21-18(29-20)13-28-23(21)31-8-2-3-17-19(31)4-1-7-26-17/h1,4,7,14-16,22H,2-3,5-6,8-13,25H2/t15-,16-,22-/m0/s1. The normalized spacial score (nSPS) is 30.1. The molecule has 1 saturated heterocycles. The third-order valence-electron chi connectivity index (χ3n) is 8.53. The Labute approximate surface area is 182 Å². The average molecular weight is 416 g/mol. The van der Waals surface area contributed by atoms with Gasteiger partial charge in [-0.05, 0) is 67.9 Å². The molecule has 7 nitrogen and oxygen atoms in total. The molecular weight excluding hydrogens is 386 g/mol. The molecular formula is C24H29N7. The molecule has 31 heavy (non-hydrogen) atoms. The topological polar surface area (TPSA) is 83.5 Å². The summed E-state index contributed by atoms with van der Waals surface area (Å²) >= 11 is 0. The van der Waals surface area contributed by atoms with Gasteiger partial charge in [-0.3, -0.25) is 9.98 Å². The van der Waals surface area contributed by atoms with Gasteiger partial charge in [0.05, 0.1) is 29.8 Å². The molecule has 2 N–H and O–H groups in total. The molecule has 2 aromatic rings. The average Bonchev–Trinajstić information content (AvgIpc) is 3.36. The van der Waals surface area contributed by atoms with Gasteiger partial charge in [-0.15, -0.1) is 0 Å². The van der Waals surface area contributed by atoms with E-state index in [1.165, 1.54) is 31.4 Å². The van der Waals surface area contributed by atoms with Gasteiger partial charge in [-0.2, -0.15) is 0 Å². The van der Waals surface area contributed by atoms with Crippen LogP contribution in [0.5, 0.6) is 0 Å². The van der Waals surface area contributed by atoms with Gasteiger partial charge in [-0.1, -0.05) is 0 Å². The molecule has 3 atom stereocenters. The van der Waals surface area contributed by atoms with Crippen LogP contribution in [0.1, 0.15) is 49.2 Å². The van der Waals surface area contributed by atoms with Crippen molar-refractivity contribution in [1.29, 1.82) is 0 Å². The second-order valence-electron chi connectivity index (χ2n) is 10.1. The zero-order chi connectivity index (χ0) is 20.6. The van der Waals surface area contributed by atoms with Crippen LogP contribution in [-0.4, -0.2) is 46.5 Å². The summed E-state index contributed by atoms with van der Waals surface area (Å²) in [7, 11) is 0. The van der Waals surface area contributed by atoms with Gasteiger partial charge in [0.25, 0.3) is 0 Å². The van der Waals surface area contributed by atoms with Crippen LogP contribution in [0.25, 0.3) is 0 Å². The SMILES string of the molecule is N[C@H]1[C@H]2C[C@H]2CC12CCN(c1cnc3c(n1)CN=C3N1CCCc3ncccc31)CC2. The highest BCUT2D eigenvalue weighted by atomic mass is 15.3. The first-order chi connectivity index (χ1) is 15.2. The van der Waals surface area contributed by atoms with Crippen molar-refractivity contribution in [2.45, 2.75) is 51.1 Å². The number of hydrogen-bond acceptors (Lipinski definition) is 7. The molecule has 2 saturated carbocycles. The van der Waals surface area contributed by atoms with Crippen LogP contribution < -0.4 is 15.5 Å². The van der Waals surface area contributed by atoms with Crippen LogP contribution in [0.4, 0.5) is 11.5 Å². The molecule has 7 rings (SSSR count). The molecule has 0 bridgehead atoms. The number of pyridine rings is 1. The Hall–Kier alpha value is -2.54. The fourth-order valence-electron chi connectivity index (χ4n) is 6.69. The second kappa shape index (κ2) is 6.48. The third kappa shape index (κ3) is 2.68. The number of anilines is 2. The van der Waals surface area contributed by atoms with Crippen molar-refractivity contribution in [1.82, 2.24) is 15.0 Å². The highest BCUT2D eigenvalue weighted by molar-refractivity contribution is 6.11. The van der Waals surface area contributed by atoms with Crippen molar-refractivity contribution in [2.75, 3.05) is 29.4 Å². The summed E-state index contributed by atoms with van der Waals surface area (Å²) in [5.41, 5.74) is 11.3. The largest absolute Gasteiger partial charge is 0.355 e. The number of nitrogens with two attached hydrogens (primary N) is 1. The lowest BCUT2D eigenvalue weighted by Crippen LogP contribution is -2.48. The van der Waals surface area contributed by atoms with E-state index >= 15 is 0 Å². The molecule has 3 fully saturated rings. The van der Waals surface area contributed by atoms with Crippen LogP contribution in [0.2, 0.25) is 0 Å². The van der Waals surface area contributed by atoms with Gasteiger partial charge in [-0.25, -0.2) is 9.97 Å². The van der Waals surface area contributed by atoms with Crippen LogP contribution in [-0.2, 0) is 13.0 Å². The van der Waals surface area contributed by atoms with E-state index in [-0.39, 0.29) is 0 Å². The zero-order valence-corrected chi connectivity index (χ0v) is 17.9. The number of aliphatic imine (C=N–C) groups is 1. The van der Waals surface area contributed by atoms with Gasteiger partial charge in [0.15, 0.2) is 5.84 Å². The predicted molar refractivity (Wildman–Crippen MR) is 120 cm³/mol. The molecule has 160 valence electrons. The van der Waals surface area contributed by atoms with Gasteiger partial charge in [0.1, 0.15) is 11.5 Å². The summed E-state index contributed by atoms with van der Waals surface area (Å²) in [6.07, 6.45) is 11.1. The van der Waals surface area contributed by atoms with Gasteiger partial charge < -0.3 is 15.5 Å². The minimum Gasteiger partial charge on any atom is -0.355 e. The maximum absolute atomic E-state index is 6.64. The van der Waals surface area contributed by atoms with Crippen LogP contribution in [0.3, 0.4) is 0 Å². The Morgan fingerprint density at radius 2 is 2.00 bits per heavy atom. The summed E-state index contributed by atoms with van der Waals surface area (Å²) in [5.74, 6) is 3.70. The summed E-state index contributed by atoms with van der Waals surface area (Å²) < 4.78 is 0. The maximum atomic E-state index is 6.64. The van der Waals surface area contributed by atoms with Gasteiger partial charge in [0, 0.05) is 31.9 Å². The van der Waals surface area contributed by atoms with Crippen molar-refractivity contribution < 1.29 is 0 Å². The zero-order valence-electron chi connectivity index (χ0n) is 17.9. The second-order valence-corrected chi connectivity index (χ2v) is 10.1. The van der Waals surface area contributed by atoms with Crippen LogP contribution in [0.15, 0.2) is 29.5 Å². The molecule has 3 aliphatic heterocycles. The molecule has 0 unspecified atom stereocenters. The molecule has 2 aromatic heterocycles. The Bertz CT molecular complexity index is 1070. The Morgan fingerprint density at radius 1 is 1.10 bits per heavy atom. The van der Waals surface area contributed by atoms with Crippen molar-refractivity contribution in [2.24, 2.45) is 28.0 Å².